The SMILES string of the molecule is O=C1NC(=O)/C(=C/c2cnc3c(NC4CC4)nc(-c4cccc(CN5CCOCC5)c4)cn23)N1. The fourth-order valence-electron chi connectivity index (χ4n) is 4.25. The molecule has 0 unspecified atom stereocenters. The summed E-state index contributed by atoms with van der Waals surface area (Å²) in [6.07, 6.45) is 7.45. The molecule has 4 heterocycles. The largest absolute Gasteiger partial charge is 0.379 e. The Labute approximate surface area is 196 Å². The van der Waals surface area contributed by atoms with Crippen molar-refractivity contribution in [2.45, 2.75) is 25.4 Å². The van der Waals surface area contributed by atoms with Gasteiger partial charge in [-0.1, -0.05) is 18.2 Å². The first-order chi connectivity index (χ1) is 16.6. The van der Waals surface area contributed by atoms with Crippen molar-refractivity contribution < 1.29 is 14.3 Å². The number of carbonyl (C=O) groups is 2. The van der Waals surface area contributed by atoms with Gasteiger partial charge in [0, 0.05) is 37.4 Å². The van der Waals surface area contributed by atoms with Gasteiger partial charge in [0.1, 0.15) is 5.70 Å². The Balaban J connectivity index is 1.38. The first kappa shape index (κ1) is 20.8. The maximum Gasteiger partial charge on any atom is 0.326 e. The van der Waals surface area contributed by atoms with Crippen molar-refractivity contribution >= 4 is 29.5 Å². The Morgan fingerprint density at radius 2 is 2.03 bits per heavy atom. The summed E-state index contributed by atoms with van der Waals surface area (Å²) < 4.78 is 7.37. The van der Waals surface area contributed by atoms with E-state index in [9.17, 15) is 9.59 Å². The average molecular weight is 460 g/mol. The van der Waals surface area contributed by atoms with E-state index in [-0.39, 0.29) is 5.70 Å². The molecule has 2 aromatic heterocycles. The van der Waals surface area contributed by atoms with Crippen molar-refractivity contribution in [2.75, 3.05) is 31.6 Å². The number of benzene rings is 1. The zero-order valence-electron chi connectivity index (χ0n) is 18.6. The number of imide groups is 1. The van der Waals surface area contributed by atoms with E-state index in [1.165, 1.54) is 5.56 Å². The third-order valence-electron chi connectivity index (χ3n) is 6.18. The summed E-state index contributed by atoms with van der Waals surface area (Å²) in [7, 11) is 0. The molecule has 3 fully saturated rings. The zero-order valence-corrected chi connectivity index (χ0v) is 18.6. The van der Waals surface area contributed by atoms with E-state index in [1.54, 1.807) is 12.3 Å². The minimum Gasteiger partial charge on any atom is -0.379 e. The molecular formula is C24H25N7O3. The summed E-state index contributed by atoms with van der Waals surface area (Å²) >= 11 is 0. The highest BCUT2D eigenvalue weighted by molar-refractivity contribution is 6.13. The normalized spacial score (nSPS) is 20.1. The third-order valence-corrected chi connectivity index (χ3v) is 6.18. The molecule has 0 bridgehead atoms. The van der Waals surface area contributed by atoms with Crippen LogP contribution in [-0.4, -0.2) is 63.6 Å². The summed E-state index contributed by atoms with van der Waals surface area (Å²) in [6.45, 7) is 4.27. The average Bonchev–Trinajstić information content (AvgIpc) is 3.48. The number of anilines is 1. The molecule has 0 radical (unpaired) electrons. The number of hydrogen-bond donors (Lipinski definition) is 3. The van der Waals surface area contributed by atoms with Crippen molar-refractivity contribution in [2.24, 2.45) is 0 Å². The molecule has 174 valence electrons. The van der Waals surface area contributed by atoms with Gasteiger partial charge < -0.3 is 15.4 Å². The molecule has 6 rings (SSSR count). The lowest BCUT2D eigenvalue weighted by molar-refractivity contribution is -0.115. The maximum atomic E-state index is 12.0. The molecule has 10 nitrogen and oxygen atoms in total. The minimum atomic E-state index is -0.527. The van der Waals surface area contributed by atoms with Gasteiger partial charge in [-0.05, 0) is 30.5 Å². The second-order valence-corrected chi connectivity index (χ2v) is 8.83. The van der Waals surface area contributed by atoms with Crippen LogP contribution < -0.4 is 16.0 Å². The standard InChI is InChI=1S/C24H25N7O3/c32-23-19(28-24(33)29-23)11-18-12-25-22-21(26-17-4-5-17)27-20(14-31(18)22)16-3-1-2-15(10-16)13-30-6-8-34-9-7-30/h1-3,10-12,14,17H,4-9,13H2,(H,26,27)(H2,28,29,32,33)/b19-11-. The van der Waals surface area contributed by atoms with Gasteiger partial charge in [-0.15, -0.1) is 0 Å². The van der Waals surface area contributed by atoms with Gasteiger partial charge in [-0.2, -0.15) is 0 Å². The summed E-state index contributed by atoms with van der Waals surface area (Å²) in [4.78, 5) is 35.4. The number of amides is 3. The Kier molecular flexibility index (Phi) is 5.23. The van der Waals surface area contributed by atoms with Gasteiger partial charge in [0.2, 0.25) is 0 Å². The number of urea groups is 1. The second-order valence-electron chi connectivity index (χ2n) is 8.83. The Hall–Kier alpha value is -3.76. The number of ether oxygens (including phenoxy) is 1. The fraction of sp³-hybridized carbons (Fsp3) is 0.333. The number of nitrogens with zero attached hydrogens (tertiary/aromatic N) is 4. The van der Waals surface area contributed by atoms with Crippen LogP contribution in [0.15, 0.2) is 42.4 Å². The Morgan fingerprint density at radius 1 is 1.18 bits per heavy atom. The van der Waals surface area contributed by atoms with Crippen LogP contribution in [0.3, 0.4) is 0 Å². The van der Waals surface area contributed by atoms with Crippen LogP contribution in [0.25, 0.3) is 23.0 Å². The van der Waals surface area contributed by atoms with Gasteiger partial charge >= 0.3 is 6.03 Å². The van der Waals surface area contributed by atoms with Gasteiger partial charge in [-0.3, -0.25) is 19.4 Å². The minimum absolute atomic E-state index is 0.189. The number of fused-ring (bicyclic) bond motifs is 1. The molecule has 1 saturated carbocycles. The van der Waals surface area contributed by atoms with E-state index in [4.69, 9.17) is 9.72 Å². The lowest BCUT2D eigenvalue weighted by Gasteiger charge is -2.26. The van der Waals surface area contributed by atoms with Crippen molar-refractivity contribution in [1.29, 1.82) is 0 Å². The lowest BCUT2D eigenvalue weighted by atomic mass is 10.1. The number of aromatic nitrogens is 3. The molecule has 2 saturated heterocycles. The quantitative estimate of drug-likeness (QED) is 0.382. The van der Waals surface area contributed by atoms with Crippen LogP contribution in [0, 0.1) is 0 Å². The van der Waals surface area contributed by atoms with Crippen LogP contribution in [0.4, 0.5) is 10.6 Å². The van der Waals surface area contributed by atoms with E-state index in [0.29, 0.717) is 23.2 Å². The fourth-order valence-corrected chi connectivity index (χ4v) is 4.25. The number of morpholine rings is 1. The van der Waals surface area contributed by atoms with Crippen molar-refractivity contribution in [3.05, 3.63) is 53.6 Å². The zero-order chi connectivity index (χ0) is 23.1. The van der Waals surface area contributed by atoms with E-state index in [2.05, 4.69) is 50.1 Å². The third kappa shape index (κ3) is 4.25. The van der Waals surface area contributed by atoms with Crippen LogP contribution in [0.5, 0.6) is 0 Å². The first-order valence-corrected chi connectivity index (χ1v) is 11.5. The smallest absolute Gasteiger partial charge is 0.326 e. The lowest BCUT2D eigenvalue weighted by Crippen LogP contribution is -2.35. The second kappa shape index (κ2) is 8.54. The van der Waals surface area contributed by atoms with Crippen LogP contribution in [0.1, 0.15) is 24.1 Å². The molecular weight excluding hydrogens is 434 g/mol. The molecule has 3 aliphatic rings. The van der Waals surface area contributed by atoms with E-state index >= 15 is 0 Å². The molecule has 3 amide bonds. The molecule has 0 atom stereocenters. The molecule has 1 aromatic carbocycles. The molecule has 10 heteroatoms. The van der Waals surface area contributed by atoms with Crippen molar-refractivity contribution in [3.63, 3.8) is 0 Å². The van der Waals surface area contributed by atoms with Crippen LogP contribution in [-0.2, 0) is 16.1 Å². The summed E-state index contributed by atoms with van der Waals surface area (Å²) in [5.74, 6) is 0.254. The Bertz CT molecular complexity index is 1310. The molecule has 0 spiro atoms. The van der Waals surface area contributed by atoms with Crippen LogP contribution >= 0.6 is 0 Å². The number of carbonyl (C=O) groups excluding carboxylic acids is 2. The highest BCUT2D eigenvalue weighted by atomic mass is 16.5. The topological polar surface area (TPSA) is 113 Å². The van der Waals surface area contributed by atoms with Crippen molar-refractivity contribution in [3.8, 4) is 11.3 Å². The number of rotatable bonds is 6. The predicted molar refractivity (Wildman–Crippen MR) is 126 cm³/mol. The summed E-state index contributed by atoms with van der Waals surface area (Å²) in [6, 6.07) is 8.29. The van der Waals surface area contributed by atoms with Crippen LogP contribution in [0.2, 0.25) is 0 Å². The highest BCUT2D eigenvalue weighted by Gasteiger charge is 2.25. The maximum absolute atomic E-state index is 12.0. The van der Waals surface area contributed by atoms with Crippen molar-refractivity contribution in [1.82, 2.24) is 29.9 Å². The monoisotopic (exact) mass is 459 g/mol. The predicted octanol–water partition coefficient (Wildman–Crippen LogP) is 1.98. The van der Waals surface area contributed by atoms with E-state index in [0.717, 1.165) is 56.9 Å². The molecule has 2 aliphatic heterocycles. The number of nitrogens with one attached hydrogen (secondary N) is 3. The Morgan fingerprint density at radius 3 is 2.79 bits per heavy atom. The van der Waals surface area contributed by atoms with E-state index < -0.39 is 11.9 Å². The van der Waals surface area contributed by atoms with Gasteiger partial charge in [0.15, 0.2) is 11.5 Å². The first-order valence-electron chi connectivity index (χ1n) is 11.5. The number of hydrogen-bond acceptors (Lipinski definition) is 7. The summed E-state index contributed by atoms with van der Waals surface area (Å²) in [5, 5.41) is 8.24. The molecule has 1 aliphatic carbocycles. The summed E-state index contributed by atoms with van der Waals surface area (Å²) in [5.41, 5.74) is 4.57. The van der Waals surface area contributed by atoms with Gasteiger partial charge in [0.25, 0.3) is 5.91 Å². The van der Waals surface area contributed by atoms with E-state index in [1.807, 2.05) is 10.6 Å². The molecule has 3 N–H and O–H groups in total. The van der Waals surface area contributed by atoms with Gasteiger partial charge in [-0.25, -0.2) is 14.8 Å². The molecule has 34 heavy (non-hydrogen) atoms. The highest BCUT2D eigenvalue weighted by Crippen LogP contribution is 2.29. The molecule has 3 aromatic rings. The van der Waals surface area contributed by atoms with Gasteiger partial charge in [0.05, 0.1) is 30.8 Å². The number of imidazole rings is 1.